The Hall–Kier alpha value is -2.45. The second-order valence-electron chi connectivity index (χ2n) is 6.94. The third-order valence-corrected chi connectivity index (χ3v) is 7.06. The lowest BCUT2D eigenvalue weighted by molar-refractivity contribution is -0.131. The average molecular weight is 410 g/mol. The second-order valence-corrected chi connectivity index (χ2v) is 9.25. The van der Waals surface area contributed by atoms with Crippen LogP contribution in [0.1, 0.15) is 23.2 Å². The smallest absolute Gasteiger partial charge is 0.236 e. The van der Waals surface area contributed by atoms with Crippen molar-refractivity contribution in [3.63, 3.8) is 0 Å². The lowest BCUT2D eigenvalue weighted by atomic mass is 10.1. The summed E-state index contributed by atoms with van der Waals surface area (Å²) >= 11 is 3.23. The van der Waals surface area contributed by atoms with Crippen LogP contribution in [-0.2, 0) is 17.8 Å². The molecule has 0 saturated carbocycles. The molecule has 6 nitrogen and oxygen atoms in total. The van der Waals surface area contributed by atoms with Gasteiger partial charge in [0.15, 0.2) is 10.8 Å². The van der Waals surface area contributed by atoms with Crippen molar-refractivity contribution in [1.29, 1.82) is 0 Å². The van der Waals surface area contributed by atoms with Gasteiger partial charge in [-0.2, -0.15) is 4.52 Å². The van der Waals surface area contributed by atoms with Crippen LogP contribution in [0.3, 0.4) is 0 Å². The number of hydrogen-bond donors (Lipinski definition) is 0. The number of thioether (sulfide) groups is 1. The Kier molecular flexibility index (Phi) is 4.32. The number of hydrogen-bond acceptors (Lipinski definition) is 6. The Morgan fingerprint density at radius 2 is 2.11 bits per heavy atom. The topological polar surface area (TPSA) is 63.4 Å². The van der Waals surface area contributed by atoms with Crippen molar-refractivity contribution < 1.29 is 4.79 Å². The molecular weight excluding hydrogens is 390 g/mol. The minimum Gasteiger partial charge on any atom is -0.337 e. The number of benzene rings is 1. The summed E-state index contributed by atoms with van der Waals surface area (Å²) in [6.45, 7) is 5.30. The molecular formula is C20H19N5OS2. The summed E-state index contributed by atoms with van der Waals surface area (Å²) in [7, 11) is 0. The van der Waals surface area contributed by atoms with Crippen LogP contribution < -0.4 is 0 Å². The summed E-state index contributed by atoms with van der Waals surface area (Å²) in [5, 5.41) is 8.03. The highest BCUT2D eigenvalue weighted by atomic mass is 32.2. The summed E-state index contributed by atoms with van der Waals surface area (Å²) in [5.41, 5.74) is 2.93. The van der Waals surface area contributed by atoms with Gasteiger partial charge in [-0.3, -0.25) is 4.79 Å². The predicted octanol–water partition coefficient (Wildman–Crippen LogP) is 3.71. The van der Waals surface area contributed by atoms with E-state index < -0.39 is 0 Å². The molecule has 1 aliphatic heterocycles. The molecule has 4 heterocycles. The maximum Gasteiger partial charge on any atom is 0.236 e. The van der Waals surface area contributed by atoms with Gasteiger partial charge >= 0.3 is 0 Å². The Morgan fingerprint density at radius 3 is 3.00 bits per heavy atom. The van der Waals surface area contributed by atoms with Crippen molar-refractivity contribution in [1.82, 2.24) is 24.5 Å². The van der Waals surface area contributed by atoms with E-state index in [0.717, 1.165) is 29.5 Å². The van der Waals surface area contributed by atoms with E-state index in [9.17, 15) is 4.79 Å². The number of rotatable bonds is 3. The minimum absolute atomic E-state index is 0.141. The maximum atomic E-state index is 13.1. The molecule has 1 unspecified atom stereocenters. The first-order valence-corrected chi connectivity index (χ1v) is 11.0. The van der Waals surface area contributed by atoms with Gasteiger partial charge in [-0.1, -0.05) is 23.9 Å². The number of aryl methyl sites for hydroxylation is 1. The molecule has 28 heavy (non-hydrogen) atoms. The Bertz CT molecular complexity index is 1200. The zero-order valence-electron chi connectivity index (χ0n) is 15.6. The molecule has 5 rings (SSSR count). The third-order valence-electron chi connectivity index (χ3n) is 5.00. The van der Waals surface area contributed by atoms with E-state index in [1.165, 1.54) is 22.2 Å². The lowest BCUT2D eigenvalue weighted by Crippen LogP contribution is -2.39. The fraction of sp³-hybridized carbons (Fsp3) is 0.300. The number of amides is 1. The number of nitrogens with zero attached hydrogens (tertiary/aromatic N) is 5. The summed E-state index contributed by atoms with van der Waals surface area (Å²) in [4.78, 5) is 25.8. The van der Waals surface area contributed by atoms with Crippen molar-refractivity contribution >= 4 is 45.6 Å². The highest BCUT2D eigenvalue weighted by Gasteiger charge is 2.27. The van der Waals surface area contributed by atoms with Crippen molar-refractivity contribution in [2.75, 3.05) is 6.54 Å². The highest BCUT2D eigenvalue weighted by molar-refractivity contribution is 8.00. The van der Waals surface area contributed by atoms with E-state index in [-0.39, 0.29) is 11.2 Å². The molecule has 0 saturated heterocycles. The van der Waals surface area contributed by atoms with E-state index >= 15 is 0 Å². The van der Waals surface area contributed by atoms with Gasteiger partial charge in [0.05, 0.1) is 10.8 Å². The number of thiophene rings is 1. The lowest BCUT2D eigenvalue weighted by Gasteiger charge is -2.29. The summed E-state index contributed by atoms with van der Waals surface area (Å²) in [5.74, 6) is 0.835. The predicted molar refractivity (Wildman–Crippen MR) is 112 cm³/mol. The summed E-state index contributed by atoms with van der Waals surface area (Å²) < 4.78 is 1.76. The standard InChI is InChI=1S/C20H19N5OS2/c1-12(19(26)24-9-7-17-14(11-24)8-10-27-17)28-20-22-16-6-4-3-5-15(16)18-21-13(2)23-25(18)20/h3-6,8,10,12H,7,9,11H2,1-2H3. The molecule has 1 aliphatic rings. The highest BCUT2D eigenvalue weighted by Crippen LogP contribution is 2.29. The van der Waals surface area contributed by atoms with Crippen LogP contribution in [-0.4, -0.2) is 42.2 Å². The second kappa shape index (κ2) is 6.86. The van der Waals surface area contributed by atoms with Gasteiger partial charge in [-0.05, 0) is 49.4 Å². The van der Waals surface area contributed by atoms with Gasteiger partial charge in [0.1, 0.15) is 5.82 Å². The molecule has 0 bridgehead atoms. The molecule has 1 amide bonds. The number of fused-ring (bicyclic) bond motifs is 4. The maximum absolute atomic E-state index is 13.1. The fourth-order valence-electron chi connectivity index (χ4n) is 3.61. The molecule has 0 N–H and O–H groups in total. The minimum atomic E-state index is -0.249. The molecule has 0 radical (unpaired) electrons. The Morgan fingerprint density at radius 1 is 1.25 bits per heavy atom. The van der Waals surface area contributed by atoms with Gasteiger partial charge in [-0.25, -0.2) is 9.97 Å². The SMILES string of the molecule is Cc1nc2c3ccccc3nc(SC(C)C(=O)N3CCc4sccc4C3)n2n1. The fourth-order valence-corrected chi connectivity index (χ4v) is 5.45. The molecule has 1 aromatic carbocycles. The van der Waals surface area contributed by atoms with Crippen molar-refractivity contribution in [2.45, 2.75) is 37.2 Å². The number of carbonyl (C=O) groups is 1. The molecule has 0 spiro atoms. The number of para-hydroxylation sites is 1. The molecule has 8 heteroatoms. The quantitative estimate of drug-likeness (QED) is 0.381. The number of aromatic nitrogens is 4. The first kappa shape index (κ1) is 17.6. The van der Waals surface area contributed by atoms with E-state index in [4.69, 9.17) is 4.98 Å². The monoisotopic (exact) mass is 409 g/mol. The van der Waals surface area contributed by atoms with Crippen LogP contribution >= 0.6 is 23.1 Å². The molecule has 4 aromatic rings. The van der Waals surface area contributed by atoms with E-state index in [1.807, 2.05) is 43.0 Å². The van der Waals surface area contributed by atoms with Crippen LogP contribution in [0.5, 0.6) is 0 Å². The molecule has 142 valence electrons. The Labute approximate surface area is 170 Å². The van der Waals surface area contributed by atoms with E-state index in [2.05, 4.69) is 21.5 Å². The largest absolute Gasteiger partial charge is 0.337 e. The van der Waals surface area contributed by atoms with Crippen molar-refractivity contribution in [3.8, 4) is 0 Å². The Balaban J connectivity index is 1.45. The first-order chi connectivity index (χ1) is 13.6. The van der Waals surface area contributed by atoms with Gasteiger partial charge < -0.3 is 4.90 Å². The van der Waals surface area contributed by atoms with Crippen LogP contribution in [0, 0.1) is 6.92 Å². The summed E-state index contributed by atoms with van der Waals surface area (Å²) in [6.07, 6.45) is 0.941. The van der Waals surface area contributed by atoms with E-state index in [0.29, 0.717) is 17.5 Å². The average Bonchev–Trinajstić information content (AvgIpc) is 3.33. The normalized spacial score (nSPS) is 15.1. The van der Waals surface area contributed by atoms with E-state index in [1.54, 1.807) is 15.9 Å². The first-order valence-electron chi connectivity index (χ1n) is 9.23. The summed E-state index contributed by atoms with van der Waals surface area (Å²) in [6, 6.07) is 10.0. The van der Waals surface area contributed by atoms with Gasteiger partial charge in [0.2, 0.25) is 5.91 Å². The third kappa shape index (κ3) is 2.97. The van der Waals surface area contributed by atoms with Crippen LogP contribution in [0.25, 0.3) is 16.6 Å². The van der Waals surface area contributed by atoms with Crippen molar-refractivity contribution in [3.05, 3.63) is 52.0 Å². The molecule has 0 fully saturated rings. The van der Waals surface area contributed by atoms with Crippen LogP contribution in [0.4, 0.5) is 0 Å². The number of carbonyl (C=O) groups excluding carboxylic acids is 1. The van der Waals surface area contributed by atoms with Crippen molar-refractivity contribution in [2.24, 2.45) is 0 Å². The zero-order chi connectivity index (χ0) is 19.3. The van der Waals surface area contributed by atoms with Gasteiger partial charge in [-0.15, -0.1) is 16.4 Å². The molecule has 1 atom stereocenters. The van der Waals surface area contributed by atoms with Crippen LogP contribution in [0.15, 0.2) is 40.9 Å². The zero-order valence-corrected chi connectivity index (χ0v) is 17.3. The molecule has 3 aromatic heterocycles. The molecule has 0 aliphatic carbocycles. The van der Waals surface area contributed by atoms with Crippen LogP contribution in [0.2, 0.25) is 0 Å². The van der Waals surface area contributed by atoms with Gasteiger partial charge in [0.25, 0.3) is 0 Å². The van der Waals surface area contributed by atoms with Gasteiger partial charge in [0, 0.05) is 23.4 Å².